The second kappa shape index (κ2) is 9.95. The Morgan fingerprint density at radius 3 is 2.19 bits per heavy atom. The number of nitrogens with one attached hydrogen (secondary N) is 2. The molecule has 0 saturated carbocycles. The normalized spacial score (nSPS) is 13.7. The first-order valence-corrected chi connectivity index (χ1v) is 10.6. The molecule has 0 aliphatic carbocycles. The van der Waals surface area contributed by atoms with E-state index in [9.17, 15) is 14.7 Å². The number of aromatic hydroxyl groups is 1. The van der Waals surface area contributed by atoms with Gasteiger partial charge >= 0.3 is 6.09 Å². The lowest BCUT2D eigenvalue weighted by Crippen LogP contribution is -2.51. The Labute approximate surface area is 182 Å². The monoisotopic (exact) mass is 588 g/mol. The average molecular weight is 588 g/mol. The van der Waals surface area contributed by atoms with Gasteiger partial charge in [-0.25, -0.2) is 4.79 Å². The van der Waals surface area contributed by atoms with E-state index in [1.165, 1.54) is 0 Å². The molecule has 3 N–H and O–H groups in total. The van der Waals surface area contributed by atoms with Crippen molar-refractivity contribution in [3.63, 3.8) is 0 Å². The van der Waals surface area contributed by atoms with Crippen molar-refractivity contribution in [1.29, 1.82) is 0 Å². The van der Waals surface area contributed by atoms with Crippen molar-refractivity contribution in [2.75, 3.05) is 0 Å². The molecule has 0 aliphatic rings. The summed E-state index contributed by atoms with van der Waals surface area (Å²) >= 11 is 4.08. The van der Waals surface area contributed by atoms with Crippen molar-refractivity contribution in [1.82, 2.24) is 10.6 Å². The number of hydrogen-bond acceptors (Lipinski definition) is 4. The Balaban J connectivity index is 3.00. The highest BCUT2D eigenvalue weighted by molar-refractivity contribution is 14.1. The SMILES string of the molecule is CC[C@@H](C)NC(=O)[C@H](Cc1cc(I)c(O)c(I)c1)NC(=O)OC(C)(C)C. The van der Waals surface area contributed by atoms with Crippen LogP contribution < -0.4 is 10.6 Å². The summed E-state index contributed by atoms with van der Waals surface area (Å²) in [5.41, 5.74) is 0.197. The Morgan fingerprint density at radius 2 is 1.73 bits per heavy atom. The molecule has 0 fully saturated rings. The van der Waals surface area contributed by atoms with Crippen LogP contribution in [0.3, 0.4) is 0 Å². The van der Waals surface area contributed by atoms with Crippen LogP contribution >= 0.6 is 45.2 Å². The fraction of sp³-hybridized carbons (Fsp3) is 0.556. The number of amides is 2. The van der Waals surface area contributed by atoms with Gasteiger partial charge in [0.15, 0.2) is 0 Å². The first-order valence-electron chi connectivity index (χ1n) is 8.39. The van der Waals surface area contributed by atoms with Crippen LogP contribution in [0.4, 0.5) is 4.79 Å². The number of hydrogen-bond donors (Lipinski definition) is 3. The van der Waals surface area contributed by atoms with Gasteiger partial charge in [-0.2, -0.15) is 0 Å². The number of phenols is 1. The molecular weight excluding hydrogens is 562 g/mol. The molecule has 6 nitrogen and oxygen atoms in total. The van der Waals surface area contributed by atoms with Crippen LogP contribution in [0.5, 0.6) is 5.75 Å². The second-order valence-electron chi connectivity index (χ2n) is 7.13. The summed E-state index contributed by atoms with van der Waals surface area (Å²) in [5, 5.41) is 15.5. The number of rotatable bonds is 6. The van der Waals surface area contributed by atoms with Gasteiger partial charge in [-0.1, -0.05) is 6.92 Å². The van der Waals surface area contributed by atoms with E-state index >= 15 is 0 Å². The zero-order chi connectivity index (χ0) is 20.1. The van der Waals surface area contributed by atoms with Crippen molar-refractivity contribution in [3.8, 4) is 5.75 Å². The zero-order valence-electron chi connectivity index (χ0n) is 15.7. The highest BCUT2D eigenvalue weighted by atomic mass is 127. The summed E-state index contributed by atoms with van der Waals surface area (Å²) in [6.07, 6.45) is 0.457. The average Bonchev–Trinajstić information content (AvgIpc) is 2.49. The lowest BCUT2D eigenvalue weighted by Gasteiger charge is -2.24. The molecule has 0 spiro atoms. The summed E-state index contributed by atoms with van der Waals surface area (Å²) in [4.78, 5) is 24.8. The van der Waals surface area contributed by atoms with Crippen LogP contribution in [-0.4, -0.2) is 34.8 Å². The first kappa shape index (κ1) is 23.3. The van der Waals surface area contributed by atoms with Crippen LogP contribution in [0.1, 0.15) is 46.6 Å². The molecule has 0 unspecified atom stereocenters. The van der Waals surface area contributed by atoms with E-state index in [1.54, 1.807) is 32.9 Å². The molecule has 2 atom stereocenters. The molecule has 146 valence electrons. The maximum Gasteiger partial charge on any atom is 0.408 e. The molecule has 1 aromatic rings. The van der Waals surface area contributed by atoms with Crippen LogP contribution in [0.15, 0.2) is 12.1 Å². The topological polar surface area (TPSA) is 87.7 Å². The van der Waals surface area contributed by atoms with Crippen LogP contribution in [-0.2, 0) is 16.0 Å². The highest BCUT2D eigenvalue weighted by Crippen LogP contribution is 2.28. The highest BCUT2D eigenvalue weighted by Gasteiger charge is 2.26. The second-order valence-corrected chi connectivity index (χ2v) is 9.45. The fourth-order valence-corrected chi connectivity index (χ4v) is 3.97. The summed E-state index contributed by atoms with van der Waals surface area (Å²) in [5.74, 6) is -0.0426. The predicted molar refractivity (Wildman–Crippen MR) is 118 cm³/mol. The number of alkyl carbamates (subject to hydrolysis) is 1. The standard InChI is InChI=1S/C18H26I2N2O4/c1-6-10(2)21-16(24)14(22-17(25)26-18(3,4)5)9-11-7-12(19)15(23)13(20)8-11/h7-8,10,14,23H,6,9H2,1-5H3,(H,21,24)(H,22,25)/t10-,14+/m1/s1. The summed E-state index contributed by atoms with van der Waals surface area (Å²) in [6, 6.07) is 2.84. The Kier molecular flexibility index (Phi) is 8.90. The first-order chi connectivity index (χ1) is 11.9. The van der Waals surface area contributed by atoms with Gasteiger partial charge in [0, 0.05) is 12.5 Å². The van der Waals surface area contributed by atoms with E-state index in [4.69, 9.17) is 4.74 Å². The van der Waals surface area contributed by atoms with E-state index in [1.807, 2.05) is 59.0 Å². The van der Waals surface area contributed by atoms with Crippen LogP contribution in [0.2, 0.25) is 0 Å². The molecular formula is C18H26I2N2O4. The Morgan fingerprint density at radius 1 is 1.19 bits per heavy atom. The van der Waals surface area contributed by atoms with Crippen LogP contribution in [0.25, 0.3) is 0 Å². The minimum Gasteiger partial charge on any atom is -0.506 e. The van der Waals surface area contributed by atoms with E-state index in [0.717, 1.165) is 12.0 Å². The molecule has 26 heavy (non-hydrogen) atoms. The molecule has 8 heteroatoms. The van der Waals surface area contributed by atoms with Gasteiger partial charge in [0.2, 0.25) is 5.91 Å². The van der Waals surface area contributed by atoms with Crippen molar-refractivity contribution >= 4 is 57.2 Å². The molecule has 0 bridgehead atoms. The number of benzene rings is 1. The predicted octanol–water partition coefficient (Wildman–Crippen LogP) is 3.95. The van der Waals surface area contributed by atoms with Gasteiger partial charge in [0.1, 0.15) is 17.4 Å². The summed E-state index contributed by atoms with van der Waals surface area (Å²) in [7, 11) is 0. The molecule has 0 aromatic heterocycles. The number of halogens is 2. The van der Waals surface area contributed by atoms with Gasteiger partial charge in [0.05, 0.1) is 7.14 Å². The van der Waals surface area contributed by atoms with Crippen molar-refractivity contribution in [2.45, 2.75) is 65.1 Å². The zero-order valence-corrected chi connectivity index (χ0v) is 20.0. The Hall–Kier alpha value is -0.780. The number of carbonyl (C=O) groups is 2. The van der Waals surface area contributed by atoms with E-state index in [2.05, 4.69) is 10.6 Å². The molecule has 0 heterocycles. The number of phenolic OH excluding ortho intramolecular Hbond substituents is 1. The largest absolute Gasteiger partial charge is 0.506 e. The van der Waals surface area contributed by atoms with Gasteiger partial charge < -0.3 is 20.5 Å². The van der Waals surface area contributed by atoms with Crippen molar-refractivity contribution in [3.05, 3.63) is 24.8 Å². The third-order valence-electron chi connectivity index (χ3n) is 3.52. The maximum atomic E-state index is 12.6. The van der Waals surface area contributed by atoms with Gasteiger partial charge in [0.25, 0.3) is 0 Å². The Bertz CT molecular complexity index is 636. The van der Waals surface area contributed by atoms with Gasteiger partial charge in [-0.3, -0.25) is 4.79 Å². The minimum absolute atomic E-state index is 0.00512. The third-order valence-corrected chi connectivity index (χ3v) is 5.17. The number of ether oxygens (including phenoxy) is 1. The summed E-state index contributed by atoms with van der Waals surface area (Å²) < 4.78 is 6.68. The molecule has 0 radical (unpaired) electrons. The molecule has 0 aliphatic heterocycles. The van der Waals surface area contributed by atoms with Gasteiger partial charge in [-0.05, 0) is 97.0 Å². The quantitative estimate of drug-likeness (QED) is 0.440. The minimum atomic E-state index is -0.769. The maximum absolute atomic E-state index is 12.6. The van der Waals surface area contributed by atoms with Crippen molar-refractivity contribution < 1.29 is 19.4 Å². The molecule has 0 saturated heterocycles. The smallest absolute Gasteiger partial charge is 0.408 e. The fourth-order valence-electron chi connectivity index (χ4n) is 2.08. The lowest BCUT2D eigenvalue weighted by atomic mass is 10.0. The lowest BCUT2D eigenvalue weighted by molar-refractivity contribution is -0.123. The van der Waals surface area contributed by atoms with Crippen LogP contribution in [0, 0.1) is 7.14 Å². The third kappa shape index (κ3) is 7.85. The summed E-state index contributed by atoms with van der Waals surface area (Å²) in [6.45, 7) is 9.20. The van der Waals surface area contributed by atoms with E-state index in [-0.39, 0.29) is 17.7 Å². The van der Waals surface area contributed by atoms with E-state index < -0.39 is 17.7 Å². The van der Waals surface area contributed by atoms with Gasteiger partial charge in [-0.15, -0.1) is 0 Å². The molecule has 1 rings (SSSR count). The van der Waals surface area contributed by atoms with Crippen molar-refractivity contribution in [2.24, 2.45) is 0 Å². The number of carbonyl (C=O) groups excluding carboxylic acids is 2. The van der Waals surface area contributed by atoms with E-state index in [0.29, 0.717) is 13.6 Å². The molecule has 2 amide bonds. The molecule has 1 aromatic carbocycles.